The van der Waals surface area contributed by atoms with Gasteiger partial charge in [0.2, 0.25) is 0 Å². The van der Waals surface area contributed by atoms with Gasteiger partial charge < -0.3 is 14.6 Å². The lowest BCUT2D eigenvalue weighted by molar-refractivity contribution is -0.136. The van der Waals surface area contributed by atoms with Gasteiger partial charge in [-0.3, -0.25) is 4.79 Å². The molecule has 4 rings (SSSR count). The van der Waals surface area contributed by atoms with E-state index in [1.165, 1.54) is 23.2 Å². The van der Waals surface area contributed by atoms with Crippen molar-refractivity contribution >= 4 is 28.4 Å². The van der Waals surface area contributed by atoms with Crippen LogP contribution in [0.2, 0.25) is 0 Å². The van der Waals surface area contributed by atoms with Gasteiger partial charge in [0.25, 0.3) is 5.91 Å². The van der Waals surface area contributed by atoms with Gasteiger partial charge in [-0.2, -0.15) is 0 Å². The molecule has 0 atom stereocenters. The van der Waals surface area contributed by atoms with Gasteiger partial charge in [0.05, 0.1) is 17.9 Å². The lowest BCUT2D eigenvalue weighted by Gasteiger charge is -2.17. The summed E-state index contributed by atoms with van der Waals surface area (Å²) in [6.07, 6.45) is 2.06. The molecule has 0 saturated carbocycles. The number of H-pyrrole nitrogens is 1. The summed E-state index contributed by atoms with van der Waals surface area (Å²) in [4.78, 5) is 30.2. The number of fused-ring (bicyclic) bond motifs is 3. The number of nitrogens with zero attached hydrogens (tertiary/aromatic N) is 1. The minimum Gasteiger partial charge on any atom is -0.462 e. The predicted molar refractivity (Wildman–Crippen MR) is 104 cm³/mol. The normalized spacial score (nSPS) is 13.6. The average molecular weight is 378 g/mol. The number of esters is 1. The van der Waals surface area contributed by atoms with Crippen LogP contribution in [0.3, 0.4) is 0 Å². The highest BCUT2D eigenvalue weighted by atomic mass is 19.1. The monoisotopic (exact) mass is 378 g/mol. The number of halogens is 1. The molecule has 1 aliphatic heterocycles. The van der Waals surface area contributed by atoms with Gasteiger partial charge in [0.1, 0.15) is 5.82 Å². The van der Waals surface area contributed by atoms with E-state index in [-0.39, 0.29) is 23.9 Å². The van der Waals surface area contributed by atoms with E-state index in [0.717, 1.165) is 10.9 Å². The Morgan fingerprint density at radius 3 is 2.71 bits per heavy atom. The third kappa shape index (κ3) is 3.17. The third-order valence-corrected chi connectivity index (χ3v) is 4.80. The van der Waals surface area contributed by atoms with Crippen molar-refractivity contribution in [1.82, 2.24) is 9.88 Å². The Morgan fingerprint density at radius 1 is 1.18 bits per heavy atom. The SMILES string of the molecule is CCOC(=O)C1=CN(C(=O)c2ccccc2)CCc2c1[nH]c1cc(F)ccc21. The number of carbonyl (C=O) groups excluding carboxylic acids is 2. The minimum absolute atomic E-state index is 0.192. The van der Waals surface area contributed by atoms with Crippen LogP contribution >= 0.6 is 0 Å². The lowest BCUT2D eigenvalue weighted by atomic mass is 10.0. The van der Waals surface area contributed by atoms with Crippen LogP contribution in [0.25, 0.3) is 16.5 Å². The zero-order chi connectivity index (χ0) is 19.7. The van der Waals surface area contributed by atoms with E-state index in [1.807, 2.05) is 6.07 Å². The molecule has 0 saturated heterocycles. The van der Waals surface area contributed by atoms with E-state index in [4.69, 9.17) is 4.74 Å². The Bertz CT molecular complexity index is 1090. The van der Waals surface area contributed by atoms with Gasteiger partial charge in [-0.15, -0.1) is 0 Å². The number of rotatable bonds is 3. The topological polar surface area (TPSA) is 62.4 Å². The highest BCUT2D eigenvalue weighted by Gasteiger charge is 2.27. The first kappa shape index (κ1) is 18.0. The Balaban J connectivity index is 1.82. The number of aromatic amines is 1. The molecular weight excluding hydrogens is 359 g/mol. The van der Waals surface area contributed by atoms with E-state index in [1.54, 1.807) is 37.3 Å². The highest BCUT2D eigenvalue weighted by molar-refractivity contribution is 6.18. The van der Waals surface area contributed by atoms with E-state index in [2.05, 4.69) is 4.98 Å². The first-order chi connectivity index (χ1) is 13.6. The number of hydrogen-bond donors (Lipinski definition) is 1. The number of aromatic nitrogens is 1. The fourth-order valence-corrected chi connectivity index (χ4v) is 3.50. The second-order valence-corrected chi connectivity index (χ2v) is 6.55. The van der Waals surface area contributed by atoms with Crippen molar-refractivity contribution in [3.05, 3.63) is 77.4 Å². The molecule has 1 aliphatic rings. The van der Waals surface area contributed by atoms with E-state index in [9.17, 15) is 14.0 Å². The summed E-state index contributed by atoms with van der Waals surface area (Å²) in [7, 11) is 0. The van der Waals surface area contributed by atoms with Gasteiger partial charge in [0.15, 0.2) is 0 Å². The maximum absolute atomic E-state index is 13.6. The predicted octanol–water partition coefficient (Wildman–Crippen LogP) is 3.91. The summed E-state index contributed by atoms with van der Waals surface area (Å²) < 4.78 is 18.8. The minimum atomic E-state index is -0.525. The Kier molecular flexibility index (Phi) is 4.69. The molecule has 3 aromatic rings. The molecule has 28 heavy (non-hydrogen) atoms. The molecule has 0 unspecified atom stereocenters. The van der Waals surface area contributed by atoms with Crippen molar-refractivity contribution in [2.75, 3.05) is 13.2 Å². The van der Waals surface area contributed by atoms with Crippen LogP contribution in [-0.2, 0) is 16.0 Å². The maximum Gasteiger partial charge on any atom is 0.341 e. The molecule has 1 N–H and O–H groups in total. The summed E-state index contributed by atoms with van der Waals surface area (Å²) in [5, 5.41) is 0.834. The summed E-state index contributed by atoms with van der Waals surface area (Å²) >= 11 is 0. The van der Waals surface area contributed by atoms with Gasteiger partial charge in [0, 0.05) is 29.2 Å². The van der Waals surface area contributed by atoms with Crippen molar-refractivity contribution in [2.45, 2.75) is 13.3 Å². The fourth-order valence-electron chi connectivity index (χ4n) is 3.50. The third-order valence-electron chi connectivity index (χ3n) is 4.80. The van der Waals surface area contributed by atoms with Crippen molar-refractivity contribution in [3.63, 3.8) is 0 Å². The summed E-state index contributed by atoms with van der Waals surface area (Å²) in [6, 6.07) is 13.4. The van der Waals surface area contributed by atoms with Crippen molar-refractivity contribution < 1.29 is 18.7 Å². The van der Waals surface area contributed by atoms with Crippen LogP contribution in [0.4, 0.5) is 4.39 Å². The quantitative estimate of drug-likeness (QED) is 0.703. The Morgan fingerprint density at radius 2 is 1.96 bits per heavy atom. The Labute approximate surface area is 161 Å². The van der Waals surface area contributed by atoms with Crippen LogP contribution in [0.15, 0.2) is 54.7 Å². The number of hydrogen-bond acceptors (Lipinski definition) is 3. The van der Waals surface area contributed by atoms with Crippen LogP contribution in [0.5, 0.6) is 0 Å². The van der Waals surface area contributed by atoms with Gasteiger partial charge in [-0.1, -0.05) is 18.2 Å². The first-order valence-electron chi connectivity index (χ1n) is 9.14. The van der Waals surface area contributed by atoms with Crippen molar-refractivity contribution in [3.8, 4) is 0 Å². The smallest absolute Gasteiger partial charge is 0.341 e. The molecule has 0 radical (unpaired) electrons. The summed E-state index contributed by atoms with van der Waals surface area (Å²) in [5.74, 6) is -1.07. The molecule has 0 fully saturated rings. The zero-order valence-electron chi connectivity index (χ0n) is 15.4. The van der Waals surface area contributed by atoms with Crippen LogP contribution < -0.4 is 0 Å². The molecule has 1 amide bonds. The molecule has 0 bridgehead atoms. The summed E-state index contributed by atoms with van der Waals surface area (Å²) in [6.45, 7) is 2.34. The first-order valence-corrected chi connectivity index (χ1v) is 9.14. The highest BCUT2D eigenvalue weighted by Crippen LogP contribution is 2.32. The molecule has 0 spiro atoms. The average Bonchev–Trinajstić information content (AvgIpc) is 2.94. The van der Waals surface area contributed by atoms with Gasteiger partial charge in [-0.05, 0) is 49.2 Å². The standard InChI is InChI=1S/C22H19FN2O3/c1-2-28-22(27)18-13-25(21(26)14-6-4-3-5-7-14)11-10-17-16-9-8-15(23)12-19(16)24-20(17)18/h3-9,12-13,24H,2,10-11H2,1H3. The molecule has 5 nitrogen and oxygen atoms in total. The molecule has 6 heteroatoms. The number of carbonyl (C=O) groups is 2. The molecule has 1 aromatic heterocycles. The molecule has 2 heterocycles. The van der Waals surface area contributed by atoms with Gasteiger partial charge in [-0.25, -0.2) is 9.18 Å². The Hall–Kier alpha value is -3.41. The number of amides is 1. The second-order valence-electron chi connectivity index (χ2n) is 6.55. The fraction of sp³-hybridized carbons (Fsp3) is 0.182. The number of benzene rings is 2. The van der Waals surface area contributed by atoms with E-state index in [0.29, 0.717) is 29.7 Å². The van der Waals surface area contributed by atoms with Crippen LogP contribution in [0.1, 0.15) is 28.5 Å². The van der Waals surface area contributed by atoms with Crippen LogP contribution in [0, 0.1) is 5.82 Å². The largest absolute Gasteiger partial charge is 0.462 e. The van der Waals surface area contributed by atoms with Crippen LogP contribution in [-0.4, -0.2) is 34.9 Å². The van der Waals surface area contributed by atoms with Crippen molar-refractivity contribution in [1.29, 1.82) is 0 Å². The maximum atomic E-state index is 13.6. The number of ether oxygens (including phenoxy) is 1. The zero-order valence-corrected chi connectivity index (χ0v) is 15.4. The summed E-state index contributed by atoms with van der Waals surface area (Å²) in [5.41, 5.74) is 2.86. The number of nitrogens with one attached hydrogen (secondary N) is 1. The van der Waals surface area contributed by atoms with E-state index >= 15 is 0 Å². The second kappa shape index (κ2) is 7.31. The van der Waals surface area contributed by atoms with Gasteiger partial charge >= 0.3 is 5.97 Å². The lowest BCUT2D eigenvalue weighted by Crippen LogP contribution is -2.28. The molecular formula is C22H19FN2O3. The molecule has 142 valence electrons. The van der Waals surface area contributed by atoms with E-state index < -0.39 is 5.97 Å². The molecule has 0 aliphatic carbocycles. The molecule has 2 aromatic carbocycles. The van der Waals surface area contributed by atoms with Crippen molar-refractivity contribution in [2.24, 2.45) is 0 Å².